The third kappa shape index (κ3) is 6.57. The summed E-state index contributed by atoms with van der Waals surface area (Å²) >= 11 is 0. The standard InChI is InChI=1S/C28H33N3O5/c1-6-19-14-15-20(23(17-19)35-5)18-29-25(32)22-13-10-16-31(22)26(33)24(28(2,3)4)30-27(34)36-21-11-8-7-9-12-21/h1,7-9,11-12,14-15,17,22,24H,10,13,16,18H2,2-5H3,(H,29,32)(H,30,34). The Morgan fingerprint density at radius 3 is 2.53 bits per heavy atom. The first kappa shape index (κ1) is 26.6. The van der Waals surface area contributed by atoms with Gasteiger partial charge in [-0.3, -0.25) is 9.59 Å². The molecule has 0 spiro atoms. The second kappa shape index (κ2) is 11.6. The molecule has 2 N–H and O–H groups in total. The highest BCUT2D eigenvalue weighted by Crippen LogP contribution is 2.26. The maximum Gasteiger partial charge on any atom is 0.413 e. The molecule has 3 rings (SSSR count). The first-order valence-electron chi connectivity index (χ1n) is 11.9. The third-order valence-corrected chi connectivity index (χ3v) is 6.07. The van der Waals surface area contributed by atoms with Gasteiger partial charge in [-0.2, -0.15) is 0 Å². The van der Waals surface area contributed by atoms with Crippen LogP contribution in [0.1, 0.15) is 44.7 Å². The summed E-state index contributed by atoms with van der Waals surface area (Å²) < 4.78 is 10.7. The molecule has 0 bridgehead atoms. The van der Waals surface area contributed by atoms with Gasteiger partial charge in [0.1, 0.15) is 23.6 Å². The van der Waals surface area contributed by atoms with Crippen molar-refractivity contribution in [3.05, 3.63) is 59.7 Å². The maximum atomic E-state index is 13.6. The van der Waals surface area contributed by atoms with Crippen LogP contribution in [0.25, 0.3) is 0 Å². The van der Waals surface area contributed by atoms with E-state index in [9.17, 15) is 14.4 Å². The molecule has 0 radical (unpaired) electrons. The predicted octanol–water partition coefficient (Wildman–Crippen LogP) is 3.49. The lowest BCUT2D eigenvalue weighted by atomic mass is 9.85. The summed E-state index contributed by atoms with van der Waals surface area (Å²) in [5.74, 6) is 2.93. The van der Waals surface area contributed by atoms with Crippen molar-refractivity contribution in [2.75, 3.05) is 13.7 Å². The van der Waals surface area contributed by atoms with E-state index in [-0.39, 0.29) is 18.4 Å². The van der Waals surface area contributed by atoms with E-state index in [1.807, 2.05) is 32.9 Å². The molecule has 1 aliphatic heterocycles. The minimum absolute atomic E-state index is 0.232. The molecule has 3 amide bonds. The van der Waals surface area contributed by atoms with Crippen molar-refractivity contribution in [2.45, 2.75) is 52.2 Å². The highest BCUT2D eigenvalue weighted by atomic mass is 16.6. The second-order valence-electron chi connectivity index (χ2n) is 9.72. The van der Waals surface area contributed by atoms with Gasteiger partial charge in [0.25, 0.3) is 0 Å². The zero-order chi connectivity index (χ0) is 26.3. The van der Waals surface area contributed by atoms with Gasteiger partial charge in [-0.25, -0.2) is 4.79 Å². The summed E-state index contributed by atoms with van der Waals surface area (Å²) in [5, 5.41) is 5.62. The number of carbonyl (C=O) groups is 3. The quantitative estimate of drug-likeness (QED) is 0.578. The Hall–Kier alpha value is -3.99. The number of hydrogen-bond acceptors (Lipinski definition) is 5. The Bertz CT molecular complexity index is 1130. The topological polar surface area (TPSA) is 97.0 Å². The fraction of sp³-hybridized carbons (Fsp3) is 0.393. The Morgan fingerprint density at radius 2 is 1.89 bits per heavy atom. The van der Waals surface area contributed by atoms with Crippen LogP contribution in [0, 0.1) is 17.8 Å². The van der Waals surface area contributed by atoms with Gasteiger partial charge in [-0.05, 0) is 42.5 Å². The number of ether oxygens (including phenoxy) is 2. The van der Waals surface area contributed by atoms with Crippen LogP contribution in [0.15, 0.2) is 48.5 Å². The Kier molecular flexibility index (Phi) is 8.59. The molecule has 2 aromatic rings. The summed E-state index contributed by atoms with van der Waals surface area (Å²) in [6.45, 7) is 6.23. The van der Waals surface area contributed by atoms with Gasteiger partial charge < -0.3 is 25.0 Å². The van der Waals surface area contributed by atoms with Gasteiger partial charge in [0, 0.05) is 24.2 Å². The zero-order valence-electron chi connectivity index (χ0n) is 21.2. The summed E-state index contributed by atoms with van der Waals surface area (Å²) in [5.41, 5.74) is 0.849. The number of nitrogens with zero attached hydrogens (tertiary/aromatic N) is 1. The van der Waals surface area contributed by atoms with E-state index in [1.165, 1.54) is 0 Å². The molecule has 1 aliphatic rings. The largest absolute Gasteiger partial charge is 0.496 e. The van der Waals surface area contributed by atoms with E-state index in [0.29, 0.717) is 36.4 Å². The van der Waals surface area contributed by atoms with Crippen molar-refractivity contribution < 1.29 is 23.9 Å². The Morgan fingerprint density at radius 1 is 1.17 bits per heavy atom. The number of terminal acetylenes is 1. The molecule has 0 aliphatic carbocycles. The van der Waals surface area contributed by atoms with Gasteiger partial charge in [-0.1, -0.05) is 51.0 Å². The number of amides is 3. The molecule has 8 nitrogen and oxygen atoms in total. The molecule has 0 saturated carbocycles. The van der Waals surface area contributed by atoms with E-state index in [1.54, 1.807) is 48.4 Å². The molecule has 1 fully saturated rings. The number of hydrogen-bond donors (Lipinski definition) is 2. The number of benzene rings is 2. The summed E-state index contributed by atoms with van der Waals surface area (Å²) in [4.78, 5) is 40.8. The molecule has 190 valence electrons. The lowest BCUT2D eigenvalue weighted by Gasteiger charge is -2.35. The van der Waals surface area contributed by atoms with Crippen molar-refractivity contribution in [1.82, 2.24) is 15.5 Å². The average Bonchev–Trinajstić information content (AvgIpc) is 3.35. The molecule has 1 heterocycles. The van der Waals surface area contributed by atoms with Crippen molar-refractivity contribution in [3.8, 4) is 23.8 Å². The molecular formula is C28H33N3O5. The fourth-order valence-electron chi connectivity index (χ4n) is 4.14. The number of carbonyl (C=O) groups excluding carboxylic acids is 3. The molecule has 2 aromatic carbocycles. The average molecular weight is 492 g/mol. The minimum Gasteiger partial charge on any atom is -0.496 e. The van der Waals surface area contributed by atoms with E-state index in [4.69, 9.17) is 15.9 Å². The van der Waals surface area contributed by atoms with Crippen LogP contribution in [-0.4, -0.2) is 48.5 Å². The SMILES string of the molecule is C#Cc1ccc(CNC(=O)C2CCCN2C(=O)C(NC(=O)Oc2ccccc2)C(C)(C)C)c(OC)c1. The normalized spacial score (nSPS) is 16.0. The Labute approximate surface area is 212 Å². The van der Waals surface area contributed by atoms with Crippen molar-refractivity contribution >= 4 is 17.9 Å². The molecule has 36 heavy (non-hydrogen) atoms. The van der Waals surface area contributed by atoms with Gasteiger partial charge in [0.05, 0.1) is 7.11 Å². The number of nitrogens with one attached hydrogen (secondary N) is 2. The number of likely N-dealkylation sites (tertiary alicyclic amines) is 1. The van der Waals surface area contributed by atoms with Crippen molar-refractivity contribution in [1.29, 1.82) is 0 Å². The Balaban J connectivity index is 1.68. The lowest BCUT2D eigenvalue weighted by molar-refractivity contribution is -0.142. The summed E-state index contributed by atoms with van der Waals surface area (Å²) in [7, 11) is 1.54. The van der Waals surface area contributed by atoms with Crippen molar-refractivity contribution in [3.63, 3.8) is 0 Å². The monoisotopic (exact) mass is 491 g/mol. The maximum absolute atomic E-state index is 13.6. The van der Waals surface area contributed by atoms with E-state index >= 15 is 0 Å². The molecule has 2 atom stereocenters. The minimum atomic E-state index is -0.876. The van der Waals surface area contributed by atoms with E-state index < -0.39 is 23.6 Å². The highest BCUT2D eigenvalue weighted by molar-refractivity contribution is 5.92. The number of rotatable bonds is 7. The zero-order valence-corrected chi connectivity index (χ0v) is 21.2. The molecular weight excluding hydrogens is 458 g/mol. The predicted molar refractivity (Wildman–Crippen MR) is 136 cm³/mol. The summed E-state index contributed by atoms with van der Waals surface area (Å²) in [6.07, 6.45) is 5.95. The molecule has 0 aromatic heterocycles. The smallest absolute Gasteiger partial charge is 0.413 e. The first-order chi connectivity index (χ1) is 17.1. The second-order valence-corrected chi connectivity index (χ2v) is 9.72. The van der Waals surface area contributed by atoms with Crippen LogP contribution in [0.2, 0.25) is 0 Å². The molecule has 1 saturated heterocycles. The van der Waals surface area contributed by atoms with Crippen LogP contribution in [-0.2, 0) is 16.1 Å². The van der Waals surface area contributed by atoms with Crippen LogP contribution >= 0.6 is 0 Å². The summed E-state index contributed by atoms with van der Waals surface area (Å²) in [6, 6.07) is 12.4. The van der Waals surface area contributed by atoms with Gasteiger partial charge in [-0.15, -0.1) is 6.42 Å². The van der Waals surface area contributed by atoms with Gasteiger partial charge in [0.15, 0.2) is 0 Å². The van der Waals surface area contributed by atoms with E-state index in [2.05, 4.69) is 16.6 Å². The lowest BCUT2D eigenvalue weighted by Crippen LogP contribution is -2.58. The first-order valence-corrected chi connectivity index (χ1v) is 11.9. The number of para-hydroxylation sites is 1. The third-order valence-electron chi connectivity index (χ3n) is 6.07. The van der Waals surface area contributed by atoms with Crippen LogP contribution in [0.4, 0.5) is 4.79 Å². The highest BCUT2D eigenvalue weighted by Gasteiger charge is 2.42. The van der Waals surface area contributed by atoms with Crippen molar-refractivity contribution in [2.24, 2.45) is 5.41 Å². The number of methoxy groups -OCH3 is 1. The fourth-order valence-corrected chi connectivity index (χ4v) is 4.14. The molecule has 8 heteroatoms. The van der Waals surface area contributed by atoms with E-state index in [0.717, 1.165) is 5.56 Å². The van der Waals surface area contributed by atoms with Crippen LogP contribution in [0.5, 0.6) is 11.5 Å². The van der Waals surface area contributed by atoms with Gasteiger partial charge in [0.2, 0.25) is 11.8 Å². The molecule has 2 unspecified atom stereocenters. The van der Waals surface area contributed by atoms with Crippen LogP contribution < -0.4 is 20.1 Å². The van der Waals surface area contributed by atoms with Gasteiger partial charge >= 0.3 is 6.09 Å². The van der Waals surface area contributed by atoms with Crippen LogP contribution in [0.3, 0.4) is 0 Å².